The second-order valence-corrected chi connectivity index (χ2v) is 4.57. The molecule has 0 aliphatic rings. The molecule has 1 heterocycles. The molecular weight excluding hydrogens is 206 g/mol. The number of hydrogen-bond donors (Lipinski definition) is 0. The lowest BCUT2D eigenvalue weighted by molar-refractivity contribution is 0.0937. The average Bonchev–Trinajstić information content (AvgIpc) is 2.77. The molecule has 0 atom stereocenters. The van der Waals surface area contributed by atoms with Crippen LogP contribution in [0.1, 0.15) is 36.4 Å². The third kappa shape index (κ3) is 4.14. The first-order valence-electron chi connectivity index (χ1n) is 5.57. The molecule has 3 heteroatoms. The van der Waals surface area contributed by atoms with Gasteiger partial charge in [-0.2, -0.15) is 0 Å². The van der Waals surface area contributed by atoms with Gasteiger partial charge in [-0.15, -0.1) is 11.3 Å². The van der Waals surface area contributed by atoms with Gasteiger partial charge in [0.2, 0.25) is 0 Å². The Bertz CT molecular complexity index is 282. The third-order valence-electron chi connectivity index (χ3n) is 2.44. The first-order chi connectivity index (χ1) is 7.27. The smallest absolute Gasteiger partial charge is 0.186 e. The molecule has 0 saturated heterocycles. The SMILES string of the molecule is CCCCN(CC)CC(=O)c1cccs1. The van der Waals surface area contributed by atoms with Gasteiger partial charge >= 0.3 is 0 Å². The van der Waals surface area contributed by atoms with Gasteiger partial charge in [-0.25, -0.2) is 0 Å². The van der Waals surface area contributed by atoms with Crippen molar-refractivity contribution in [2.24, 2.45) is 0 Å². The molecule has 0 spiro atoms. The molecule has 0 bridgehead atoms. The van der Waals surface area contributed by atoms with Gasteiger partial charge in [0.15, 0.2) is 5.78 Å². The van der Waals surface area contributed by atoms with Crippen molar-refractivity contribution in [3.8, 4) is 0 Å². The van der Waals surface area contributed by atoms with Crippen molar-refractivity contribution in [1.29, 1.82) is 0 Å². The Balaban J connectivity index is 2.41. The molecule has 0 saturated carbocycles. The maximum Gasteiger partial charge on any atom is 0.186 e. The third-order valence-corrected chi connectivity index (χ3v) is 3.35. The van der Waals surface area contributed by atoms with Crippen molar-refractivity contribution < 1.29 is 4.79 Å². The summed E-state index contributed by atoms with van der Waals surface area (Å²) in [5, 5.41) is 1.95. The average molecular weight is 225 g/mol. The van der Waals surface area contributed by atoms with E-state index in [0.29, 0.717) is 6.54 Å². The monoisotopic (exact) mass is 225 g/mol. The van der Waals surface area contributed by atoms with E-state index in [1.807, 2.05) is 17.5 Å². The summed E-state index contributed by atoms with van der Waals surface area (Å²) < 4.78 is 0. The van der Waals surface area contributed by atoms with Gasteiger partial charge in [0.1, 0.15) is 0 Å². The Labute approximate surface area is 95.9 Å². The van der Waals surface area contributed by atoms with Crippen LogP contribution in [0.25, 0.3) is 0 Å². The molecule has 0 amide bonds. The summed E-state index contributed by atoms with van der Waals surface area (Å²) in [7, 11) is 0. The van der Waals surface area contributed by atoms with E-state index in [2.05, 4.69) is 18.7 Å². The van der Waals surface area contributed by atoms with Crippen molar-refractivity contribution in [2.45, 2.75) is 26.7 Å². The normalized spacial score (nSPS) is 10.9. The van der Waals surface area contributed by atoms with Crippen LogP contribution in [0.15, 0.2) is 17.5 Å². The fraction of sp³-hybridized carbons (Fsp3) is 0.583. The fourth-order valence-electron chi connectivity index (χ4n) is 1.45. The van der Waals surface area contributed by atoms with Crippen molar-refractivity contribution in [3.05, 3.63) is 22.4 Å². The lowest BCUT2D eigenvalue weighted by atomic mass is 10.2. The zero-order chi connectivity index (χ0) is 11.1. The van der Waals surface area contributed by atoms with E-state index >= 15 is 0 Å². The van der Waals surface area contributed by atoms with E-state index in [9.17, 15) is 4.79 Å². The van der Waals surface area contributed by atoms with Crippen LogP contribution in [0.5, 0.6) is 0 Å². The predicted octanol–water partition coefficient (Wildman–Crippen LogP) is 3.05. The minimum absolute atomic E-state index is 0.253. The van der Waals surface area contributed by atoms with Gasteiger partial charge < -0.3 is 0 Å². The van der Waals surface area contributed by atoms with Crippen LogP contribution in [0.4, 0.5) is 0 Å². The maximum atomic E-state index is 11.8. The largest absolute Gasteiger partial charge is 0.296 e. The summed E-state index contributed by atoms with van der Waals surface area (Å²) in [4.78, 5) is 14.9. The highest BCUT2D eigenvalue weighted by Gasteiger charge is 2.11. The number of thiophene rings is 1. The Kier molecular flexibility index (Phi) is 5.58. The fourth-order valence-corrected chi connectivity index (χ4v) is 2.11. The lowest BCUT2D eigenvalue weighted by Gasteiger charge is -2.18. The number of ketones is 1. The lowest BCUT2D eigenvalue weighted by Crippen LogP contribution is -2.30. The van der Waals surface area contributed by atoms with Gasteiger partial charge in [0, 0.05) is 0 Å². The first kappa shape index (κ1) is 12.4. The number of likely N-dealkylation sites (N-methyl/N-ethyl adjacent to an activating group) is 1. The molecule has 0 fully saturated rings. The number of carbonyl (C=O) groups is 1. The summed E-state index contributed by atoms with van der Waals surface area (Å²) in [5.74, 6) is 0.253. The summed E-state index contributed by atoms with van der Waals surface area (Å²) in [6.07, 6.45) is 2.36. The van der Waals surface area contributed by atoms with E-state index in [4.69, 9.17) is 0 Å². The van der Waals surface area contributed by atoms with Crippen LogP contribution in [-0.4, -0.2) is 30.3 Å². The standard InChI is InChI=1S/C12H19NOS/c1-3-5-8-13(4-2)10-11(14)12-7-6-9-15-12/h6-7,9H,3-5,8,10H2,1-2H3. The van der Waals surface area contributed by atoms with Crippen molar-refractivity contribution >= 4 is 17.1 Å². The molecule has 0 aliphatic heterocycles. The van der Waals surface area contributed by atoms with Crippen LogP contribution in [0.3, 0.4) is 0 Å². The van der Waals surface area contributed by atoms with Gasteiger partial charge in [-0.3, -0.25) is 9.69 Å². The van der Waals surface area contributed by atoms with E-state index in [-0.39, 0.29) is 5.78 Å². The molecule has 0 radical (unpaired) electrons. The molecule has 0 aromatic carbocycles. The van der Waals surface area contributed by atoms with Gasteiger partial charge in [0.05, 0.1) is 11.4 Å². The minimum atomic E-state index is 0.253. The molecule has 2 nitrogen and oxygen atoms in total. The van der Waals surface area contributed by atoms with Crippen LogP contribution in [0, 0.1) is 0 Å². The van der Waals surface area contributed by atoms with Gasteiger partial charge in [0.25, 0.3) is 0 Å². The second kappa shape index (κ2) is 6.75. The topological polar surface area (TPSA) is 20.3 Å². The van der Waals surface area contributed by atoms with E-state index < -0.39 is 0 Å². The molecule has 0 aliphatic carbocycles. The summed E-state index contributed by atoms with van der Waals surface area (Å²) in [6, 6.07) is 3.83. The molecular formula is C12H19NOS. The van der Waals surface area contributed by atoms with Crippen LogP contribution >= 0.6 is 11.3 Å². The van der Waals surface area contributed by atoms with E-state index in [1.54, 1.807) is 0 Å². The van der Waals surface area contributed by atoms with E-state index in [1.165, 1.54) is 24.2 Å². The summed E-state index contributed by atoms with van der Waals surface area (Å²) >= 11 is 1.53. The number of rotatable bonds is 7. The van der Waals surface area contributed by atoms with E-state index in [0.717, 1.165) is 18.0 Å². The molecule has 0 N–H and O–H groups in total. The van der Waals surface area contributed by atoms with Gasteiger partial charge in [-0.05, 0) is 31.0 Å². The molecule has 1 aromatic rings. The number of hydrogen-bond acceptors (Lipinski definition) is 3. The molecule has 1 aromatic heterocycles. The second-order valence-electron chi connectivity index (χ2n) is 3.62. The maximum absolute atomic E-state index is 11.8. The molecule has 84 valence electrons. The molecule has 1 rings (SSSR count). The first-order valence-corrected chi connectivity index (χ1v) is 6.45. The molecule has 15 heavy (non-hydrogen) atoms. The Morgan fingerprint density at radius 1 is 1.47 bits per heavy atom. The van der Waals surface area contributed by atoms with Crippen molar-refractivity contribution in [1.82, 2.24) is 4.90 Å². The Hall–Kier alpha value is -0.670. The molecule has 0 unspecified atom stereocenters. The Morgan fingerprint density at radius 3 is 2.80 bits per heavy atom. The summed E-state index contributed by atoms with van der Waals surface area (Å²) in [6.45, 7) is 6.84. The minimum Gasteiger partial charge on any atom is -0.296 e. The van der Waals surface area contributed by atoms with Crippen molar-refractivity contribution in [3.63, 3.8) is 0 Å². The van der Waals surface area contributed by atoms with Crippen molar-refractivity contribution in [2.75, 3.05) is 19.6 Å². The van der Waals surface area contributed by atoms with Gasteiger partial charge in [-0.1, -0.05) is 26.3 Å². The zero-order valence-corrected chi connectivity index (χ0v) is 10.3. The number of unbranched alkanes of at least 4 members (excludes halogenated alkanes) is 1. The zero-order valence-electron chi connectivity index (χ0n) is 9.53. The highest BCUT2D eigenvalue weighted by molar-refractivity contribution is 7.12. The van der Waals surface area contributed by atoms with Crippen LogP contribution < -0.4 is 0 Å². The highest BCUT2D eigenvalue weighted by atomic mass is 32.1. The number of nitrogens with zero attached hydrogens (tertiary/aromatic N) is 1. The quantitative estimate of drug-likeness (QED) is 0.665. The number of carbonyl (C=O) groups excluding carboxylic acids is 1. The van der Waals surface area contributed by atoms with Crippen LogP contribution in [-0.2, 0) is 0 Å². The highest BCUT2D eigenvalue weighted by Crippen LogP contribution is 2.10. The predicted molar refractivity (Wildman–Crippen MR) is 65.7 cm³/mol. The summed E-state index contributed by atoms with van der Waals surface area (Å²) in [5.41, 5.74) is 0. The number of Topliss-reactive ketones (excluding diaryl/α,β-unsaturated/α-hetero) is 1. The van der Waals surface area contributed by atoms with Crippen LogP contribution in [0.2, 0.25) is 0 Å². The Morgan fingerprint density at radius 2 is 2.27 bits per heavy atom.